The highest BCUT2D eigenvalue weighted by Gasteiger charge is 2.40. The third-order valence-electron chi connectivity index (χ3n) is 6.96. The number of amides is 2. The van der Waals surface area contributed by atoms with Crippen molar-refractivity contribution in [1.82, 2.24) is 4.90 Å². The molecule has 1 fully saturated rings. The lowest BCUT2D eigenvalue weighted by molar-refractivity contribution is -0.142. The van der Waals surface area contributed by atoms with Crippen molar-refractivity contribution in [2.45, 2.75) is 38.6 Å². The maximum Gasteiger partial charge on any atom is 0.230 e. The van der Waals surface area contributed by atoms with Gasteiger partial charge in [-0.25, -0.2) is 0 Å². The summed E-state index contributed by atoms with van der Waals surface area (Å²) >= 11 is 0. The number of benzene rings is 2. The summed E-state index contributed by atoms with van der Waals surface area (Å²) in [5.41, 5.74) is 3.23. The first-order chi connectivity index (χ1) is 15.6. The van der Waals surface area contributed by atoms with E-state index in [0.717, 1.165) is 54.9 Å². The van der Waals surface area contributed by atoms with Crippen molar-refractivity contribution in [2.24, 2.45) is 11.8 Å². The Balaban J connectivity index is 1.30. The summed E-state index contributed by atoms with van der Waals surface area (Å²) in [5.74, 6) is 1.15. The minimum absolute atomic E-state index is 0.0606. The molecule has 168 valence electrons. The average Bonchev–Trinajstić information content (AvgIpc) is 3.27. The smallest absolute Gasteiger partial charge is 0.230 e. The Morgan fingerprint density at radius 2 is 1.75 bits per heavy atom. The van der Waals surface area contributed by atoms with Crippen LogP contribution in [0.15, 0.2) is 42.5 Å². The highest BCUT2D eigenvalue weighted by atomic mass is 16.6. The summed E-state index contributed by atoms with van der Waals surface area (Å²) in [6, 6.07) is 13.9. The molecule has 32 heavy (non-hydrogen) atoms. The van der Waals surface area contributed by atoms with Gasteiger partial charge in [-0.2, -0.15) is 0 Å². The molecule has 2 unspecified atom stereocenters. The molecule has 6 heteroatoms. The predicted octanol–water partition coefficient (Wildman–Crippen LogP) is 3.81. The Morgan fingerprint density at radius 3 is 2.59 bits per heavy atom. The summed E-state index contributed by atoms with van der Waals surface area (Å²) in [4.78, 5) is 30.7. The second-order valence-electron chi connectivity index (χ2n) is 9.04. The van der Waals surface area contributed by atoms with Crippen LogP contribution in [0.4, 0.5) is 5.69 Å². The van der Waals surface area contributed by atoms with Crippen molar-refractivity contribution < 1.29 is 19.1 Å². The largest absolute Gasteiger partial charge is 0.486 e. The molecule has 1 aliphatic carbocycles. The number of carbonyl (C=O) groups is 2. The average molecular weight is 435 g/mol. The summed E-state index contributed by atoms with van der Waals surface area (Å²) in [6.07, 6.45) is 4.44. The van der Waals surface area contributed by atoms with Crippen molar-refractivity contribution in [3.8, 4) is 11.5 Å². The molecule has 2 aliphatic heterocycles. The second-order valence-corrected chi connectivity index (χ2v) is 9.04. The lowest BCUT2D eigenvalue weighted by Crippen LogP contribution is -2.45. The third kappa shape index (κ3) is 3.94. The summed E-state index contributed by atoms with van der Waals surface area (Å²) in [7, 11) is 1.83. The molecule has 2 amide bonds. The lowest BCUT2D eigenvalue weighted by Gasteiger charge is -2.35. The second kappa shape index (κ2) is 8.85. The van der Waals surface area contributed by atoms with E-state index in [9.17, 15) is 9.59 Å². The summed E-state index contributed by atoms with van der Waals surface area (Å²) in [5, 5.41) is 0. The molecule has 2 aromatic rings. The van der Waals surface area contributed by atoms with E-state index in [2.05, 4.69) is 6.07 Å². The fourth-order valence-electron chi connectivity index (χ4n) is 5.31. The van der Waals surface area contributed by atoms with E-state index >= 15 is 0 Å². The van der Waals surface area contributed by atoms with Crippen LogP contribution in [0.5, 0.6) is 11.5 Å². The van der Waals surface area contributed by atoms with E-state index in [4.69, 9.17) is 9.47 Å². The van der Waals surface area contributed by atoms with Gasteiger partial charge in [0, 0.05) is 31.7 Å². The van der Waals surface area contributed by atoms with Gasteiger partial charge in [0.1, 0.15) is 13.2 Å². The molecule has 5 rings (SSSR count). The quantitative estimate of drug-likeness (QED) is 0.734. The number of rotatable bonds is 4. The van der Waals surface area contributed by atoms with Crippen LogP contribution in [0.25, 0.3) is 0 Å². The van der Waals surface area contributed by atoms with Crippen LogP contribution >= 0.6 is 0 Å². The van der Waals surface area contributed by atoms with E-state index < -0.39 is 0 Å². The van der Waals surface area contributed by atoms with Crippen LogP contribution in [0.1, 0.15) is 36.8 Å². The minimum Gasteiger partial charge on any atom is -0.486 e. The molecule has 0 radical (unpaired) electrons. The van der Waals surface area contributed by atoms with Crippen molar-refractivity contribution >= 4 is 17.5 Å². The maximum absolute atomic E-state index is 13.5. The Morgan fingerprint density at radius 1 is 1.00 bits per heavy atom. The van der Waals surface area contributed by atoms with Gasteiger partial charge in [-0.3, -0.25) is 9.59 Å². The molecule has 0 aromatic heterocycles. The SMILES string of the molecule is CN(Cc1ccc2c(c1)OCCO2)C(=O)C1CCCCC1C(=O)N1CCc2ccccc21. The number of anilines is 1. The molecule has 3 aliphatic rings. The zero-order chi connectivity index (χ0) is 22.1. The Kier molecular flexibility index (Phi) is 5.77. The molecule has 2 atom stereocenters. The normalized spacial score (nSPS) is 21.7. The van der Waals surface area contributed by atoms with Gasteiger partial charge in [-0.15, -0.1) is 0 Å². The Bertz CT molecular complexity index is 1020. The van der Waals surface area contributed by atoms with Gasteiger partial charge < -0.3 is 19.3 Å². The maximum atomic E-state index is 13.5. The Hall–Kier alpha value is -3.02. The zero-order valence-corrected chi connectivity index (χ0v) is 18.6. The van der Waals surface area contributed by atoms with E-state index in [0.29, 0.717) is 26.3 Å². The van der Waals surface area contributed by atoms with E-state index in [1.165, 1.54) is 5.56 Å². The molecule has 0 N–H and O–H groups in total. The van der Waals surface area contributed by atoms with Crippen LogP contribution in [0.2, 0.25) is 0 Å². The number of fused-ring (bicyclic) bond motifs is 2. The lowest BCUT2D eigenvalue weighted by atomic mass is 9.77. The molecular formula is C26H30N2O4. The summed E-state index contributed by atoms with van der Waals surface area (Å²) in [6.45, 7) is 2.29. The summed E-state index contributed by atoms with van der Waals surface area (Å²) < 4.78 is 11.3. The van der Waals surface area contributed by atoms with Crippen molar-refractivity contribution in [3.05, 3.63) is 53.6 Å². The number of para-hydroxylation sites is 1. The zero-order valence-electron chi connectivity index (χ0n) is 18.6. The van der Waals surface area contributed by atoms with Gasteiger partial charge in [0.05, 0.1) is 5.92 Å². The minimum atomic E-state index is -0.258. The van der Waals surface area contributed by atoms with Crippen molar-refractivity contribution in [3.63, 3.8) is 0 Å². The fraction of sp³-hybridized carbons (Fsp3) is 0.462. The van der Waals surface area contributed by atoms with Crippen LogP contribution < -0.4 is 14.4 Å². The first-order valence-electron chi connectivity index (χ1n) is 11.6. The molecule has 0 bridgehead atoms. The molecule has 1 saturated carbocycles. The van der Waals surface area contributed by atoms with Crippen LogP contribution in [0.3, 0.4) is 0 Å². The van der Waals surface area contributed by atoms with Crippen molar-refractivity contribution in [2.75, 3.05) is 31.7 Å². The molecule has 6 nitrogen and oxygen atoms in total. The highest BCUT2D eigenvalue weighted by Crippen LogP contribution is 2.37. The highest BCUT2D eigenvalue weighted by molar-refractivity contribution is 5.99. The van der Waals surface area contributed by atoms with Crippen LogP contribution in [0, 0.1) is 11.8 Å². The first-order valence-corrected chi connectivity index (χ1v) is 11.6. The van der Waals surface area contributed by atoms with Gasteiger partial charge >= 0.3 is 0 Å². The molecule has 0 saturated heterocycles. The number of hydrogen-bond acceptors (Lipinski definition) is 4. The number of ether oxygens (including phenoxy) is 2. The van der Waals surface area contributed by atoms with Gasteiger partial charge in [-0.05, 0) is 48.6 Å². The molecule has 0 spiro atoms. The van der Waals surface area contributed by atoms with E-state index in [1.807, 2.05) is 48.3 Å². The molecule has 2 heterocycles. The monoisotopic (exact) mass is 434 g/mol. The Labute approximate surface area is 189 Å². The van der Waals surface area contributed by atoms with Gasteiger partial charge in [0.25, 0.3) is 0 Å². The number of carbonyl (C=O) groups excluding carboxylic acids is 2. The van der Waals surface area contributed by atoms with Crippen LogP contribution in [-0.4, -0.2) is 43.5 Å². The van der Waals surface area contributed by atoms with E-state index in [1.54, 1.807) is 4.90 Å². The van der Waals surface area contributed by atoms with Gasteiger partial charge in [0.2, 0.25) is 11.8 Å². The van der Waals surface area contributed by atoms with Gasteiger partial charge in [0.15, 0.2) is 11.5 Å². The van der Waals surface area contributed by atoms with Crippen LogP contribution in [-0.2, 0) is 22.6 Å². The van der Waals surface area contributed by atoms with E-state index in [-0.39, 0.29) is 23.7 Å². The van der Waals surface area contributed by atoms with Gasteiger partial charge in [-0.1, -0.05) is 37.1 Å². The molecule has 2 aromatic carbocycles. The number of hydrogen-bond donors (Lipinski definition) is 0. The third-order valence-corrected chi connectivity index (χ3v) is 6.96. The predicted molar refractivity (Wildman–Crippen MR) is 122 cm³/mol. The van der Waals surface area contributed by atoms with Crippen molar-refractivity contribution in [1.29, 1.82) is 0 Å². The topological polar surface area (TPSA) is 59.1 Å². The molecular weight excluding hydrogens is 404 g/mol. The fourth-order valence-corrected chi connectivity index (χ4v) is 5.31. The number of nitrogens with zero attached hydrogens (tertiary/aromatic N) is 2. The standard InChI is InChI=1S/C26H30N2O4/c1-27(17-18-10-11-23-24(16-18)32-15-14-31-23)25(29)20-7-3-4-8-21(20)26(30)28-13-12-19-6-2-5-9-22(19)28/h2,5-6,9-11,16,20-21H,3-4,7-8,12-15,17H2,1H3. The first kappa shape index (κ1) is 20.9.